The highest BCUT2D eigenvalue weighted by Crippen LogP contribution is 2.54. The quantitative estimate of drug-likeness (QED) is 0.461. The van der Waals surface area contributed by atoms with Gasteiger partial charge < -0.3 is 9.84 Å². The fourth-order valence-electron chi connectivity index (χ4n) is 2.73. The highest BCUT2D eigenvalue weighted by molar-refractivity contribution is 9.10. The van der Waals surface area contributed by atoms with Gasteiger partial charge in [0.2, 0.25) is 0 Å². The van der Waals surface area contributed by atoms with Crippen LogP contribution < -0.4 is 5.32 Å². The minimum absolute atomic E-state index is 0.00938. The third kappa shape index (κ3) is 3.61. The Morgan fingerprint density at radius 3 is 2.86 bits per heavy atom. The van der Waals surface area contributed by atoms with Crippen LogP contribution in [-0.2, 0) is 16.8 Å². The summed E-state index contributed by atoms with van der Waals surface area (Å²) in [5.74, 6) is 0.859. The van der Waals surface area contributed by atoms with Crippen LogP contribution in [0, 0.1) is 0 Å². The molecule has 0 saturated heterocycles. The molecular formula is C17H13BrF2N2O4PS+. The number of fused-ring (bicyclic) bond motifs is 1. The van der Waals surface area contributed by atoms with Crippen LogP contribution in [0.2, 0.25) is 0 Å². The van der Waals surface area contributed by atoms with Gasteiger partial charge in [0.15, 0.2) is 0 Å². The molecule has 2 heterocycles. The summed E-state index contributed by atoms with van der Waals surface area (Å²) < 4.78 is 44.6. The third-order valence-electron chi connectivity index (χ3n) is 4.39. The lowest BCUT2D eigenvalue weighted by atomic mass is 10.1. The summed E-state index contributed by atoms with van der Waals surface area (Å²) in [6.07, 6.45) is 2.17. The summed E-state index contributed by atoms with van der Waals surface area (Å²) in [6, 6.07) is 6.33. The second kappa shape index (κ2) is 7.26. The lowest BCUT2D eigenvalue weighted by Gasteiger charge is -2.03. The van der Waals surface area contributed by atoms with Crippen molar-refractivity contribution < 1.29 is 27.6 Å². The first-order chi connectivity index (χ1) is 13.3. The van der Waals surface area contributed by atoms with Crippen molar-refractivity contribution in [3.63, 3.8) is 0 Å². The number of carbonyl (C=O) groups excluding carboxylic acids is 1. The number of benzene rings is 1. The Bertz CT molecular complexity index is 1100. The van der Waals surface area contributed by atoms with Crippen LogP contribution in [0.5, 0.6) is 0 Å². The number of hydrogen-bond acceptors (Lipinski definition) is 5. The predicted molar refractivity (Wildman–Crippen MR) is 103 cm³/mol. The number of nitrogens with zero attached hydrogens (tertiary/aromatic N) is 1. The molecule has 1 aliphatic rings. The van der Waals surface area contributed by atoms with Gasteiger partial charge in [-0.25, -0.2) is 0 Å². The van der Waals surface area contributed by atoms with Crippen LogP contribution in [0.15, 0.2) is 33.3 Å². The molecule has 1 aromatic carbocycles. The summed E-state index contributed by atoms with van der Waals surface area (Å²) in [5.41, 5.74) is -2.98. The molecule has 1 aliphatic carbocycles. The van der Waals surface area contributed by atoms with Gasteiger partial charge in [-0.2, -0.15) is 4.89 Å². The molecule has 146 valence electrons. The molecule has 1 atom stereocenters. The van der Waals surface area contributed by atoms with Gasteiger partial charge in [0.25, 0.3) is 5.91 Å². The van der Waals surface area contributed by atoms with Gasteiger partial charge in [-0.3, -0.25) is 4.79 Å². The summed E-state index contributed by atoms with van der Waals surface area (Å²) in [6.45, 7) is 0.187. The highest BCUT2D eigenvalue weighted by Gasteiger charge is 2.56. The number of amides is 1. The molecule has 1 unspecified atom stereocenters. The van der Waals surface area contributed by atoms with Crippen LogP contribution in [0.25, 0.3) is 10.1 Å². The minimum Gasteiger partial charge on any atom is -0.361 e. The normalized spacial score (nSPS) is 15.1. The molecule has 2 N–H and O–H groups in total. The molecule has 0 aliphatic heterocycles. The highest BCUT2D eigenvalue weighted by atomic mass is 79.9. The van der Waals surface area contributed by atoms with Crippen molar-refractivity contribution in [3.05, 3.63) is 50.6 Å². The van der Waals surface area contributed by atoms with Gasteiger partial charge >= 0.3 is 13.7 Å². The van der Waals surface area contributed by atoms with E-state index < -0.39 is 24.5 Å². The van der Waals surface area contributed by atoms with Gasteiger partial charge in [-0.15, -0.1) is 20.1 Å². The SMILES string of the molecule is O=C(NCc1cc(C2CC2)on1)c1ccc2sc(C(F)(F)[P+](=O)O)c(Br)c2c1. The van der Waals surface area contributed by atoms with Crippen molar-refractivity contribution >= 4 is 51.3 Å². The van der Waals surface area contributed by atoms with E-state index in [1.807, 2.05) is 6.07 Å². The first kappa shape index (κ1) is 19.6. The molecule has 1 amide bonds. The fraction of sp³-hybridized carbons (Fsp3) is 0.294. The molecule has 4 rings (SSSR count). The first-order valence-electron chi connectivity index (χ1n) is 8.27. The van der Waals surface area contributed by atoms with Gasteiger partial charge in [-0.05, 0) is 51.5 Å². The van der Waals surface area contributed by atoms with Crippen LogP contribution in [0.1, 0.15) is 45.4 Å². The van der Waals surface area contributed by atoms with Crippen molar-refractivity contribution in [1.82, 2.24) is 10.5 Å². The number of rotatable bonds is 6. The number of nitrogens with one attached hydrogen (secondary N) is 1. The van der Waals surface area contributed by atoms with E-state index in [0.29, 0.717) is 33.0 Å². The van der Waals surface area contributed by atoms with E-state index in [-0.39, 0.29) is 16.6 Å². The summed E-state index contributed by atoms with van der Waals surface area (Å²) in [5, 5.41) is 7.02. The molecular weight excluding hydrogens is 477 g/mol. The monoisotopic (exact) mass is 489 g/mol. The second-order valence-corrected chi connectivity index (χ2v) is 9.40. The van der Waals surface area contributed by atoms with E-state index in [2.05, 4.69) is 26.4 Å². The van der Waals surface area contributed by atoms with E-state index >= 15 is 0 Å². The largest absolute Gasteiger partial charge is 0.590 e. The molecule has 1 saturated carbocycles. The van der Waals surface area contributed by atoms with E-state index in [1.165, 1.54) is 18.2 Å². The number of alkyl halides is 2. The van der Waals surface area contributed by atoms with Gasteiger partial charge in [0.05, 0.1) is 11.0 Å². The van der Waals surface area contributed by atoms with E-state index in [9.17, 15) is 18.1 Å². The number of thiophene rings is 1. The number of halogens is 3. The lowest BCUT2D eigenvalue weighted by molar-refractivity contribution is 0.0849. The topological polar surface area (TPSA) is 92.4 Å². The smallest absolute Gasteiger partial charge is 0.361 e. The Morgan fingerprint density at radius 2 is 2.18 bits per heavy atom. The Morgan fingerprint density at radius 1 is 1.43 bits per heavy atom. The molecule has 28 heavy (non-hydrogen) atoms. The zero-order valence-electron chi connectivity index (χ0n) is 14.1. The van der Waals surface area contributed by atoms with Crippen LogP contribution in [0.3, 0.4) is 0 Å². The maximum atomic E-state index is 14.0. The molecule has 0 spiro atoms. The maximum Gasteiger partial charge on any atom is 0.590 e. The van der Waals surface area contributed by atoms with E-state index in [0.717, 1.165) is 18.6 Å². The third-order valence-corrected chi connectivity index (χ3v) is 7.57. The van der Waals surface area contributed by atoms with Crippen LogP contribution in [0.4, 0.5) is 8.78 Å². The minimum atomic E-state index is -3.87. The second-order valence-electron chi connectivity index (χ2n) is 6.45. The molecule has 1 fully saturated rings. The van der Waals surface area contributed by atoms with Crippen molar-refractivity contribution in [2.24, 2.45) is 0 Å². The zero-order chi connectivity index (χ0) is 20.1. The molecule has 6 nitrogen and oxygen atoms in total. The Hall–Kier alpha value is -1.74. The zero-order valence-corrected chi connectivity index (χ0v) is 17.4. The van der Waals surface area contributed by atoms with E-state index in [1.54, 1.807) is 0 Å². The molecule has 0 radical (unpaired) electrons. The average molecular weight is 490 g/mol. The Labute approximate surface area is 170 Å². The van der Waals surface area contributed by atoms with Crippen molar-refractivity contribution in [2.45, 2.75) is 31.0 Å². The number of aromatic nitrogens is 1. The fourth-order valence-corrected chi connectivity index (χ4v) is 5.44. The molecule has 3 aromatic rings. The standard InChI is InChI=1S/C17H12BrF2N2O4PS/c18-14-11-5-9(3-4-13(11)28-15(14)17(19,20)27(24)25)16(23)21-7-10-6-12(26-22-10)8-1-2-8/h3-6,8H,1-2,7H2,(H-,21,23,24,25)/p+1. The van der Waals surface area contributed by atoms with Crippen molar-refractivity contribution in [1.29, 1.82) is 0 Å². The number of carbonyl (C=O) groups is 1. The molecule has 2 aromatic heterocycles. The van der Waals surface area contributed by atoms with Crippen molar-refractivity contribution in [2.75, 3.05) is 0 Å². The van der Waals surface area contributed by atoms with Crippen molar-refractivity contribution in [3.8, 4) is 0 Å². The molecule has 11 heteroatoms. The first-order valence-corrected chi connectivity index (χ1v) is 11.1. The Balaban J connectivity index is 1.53. The average Bonchev–Trinajstić information content (AvgIpc) is 3.31. The van der Waals surface area contributed by atoms with Crippen LogP contribution >= 0.6 is 35.3 Å². The van der Waals surface area contributed by atoms with Gasteiger partial charge in [-0.1, -0.05) is 5.16 Å². The van der Waals surface area contributed by atoms with Gasteiger partial charge in [0, 0.05) is 27.6 Å². The van der Waals surface area contributed by atoms with E-state index in [4.69, 9.17) is 9.42 Å². The van der Waals surface area contributed by atoms with Gasteiger partial charge in [0.1, 0.15) is 16.3 Å². The maximum absolute atomic E-state index is 14.0. The summed E-state index contributed by atoms with van der Waals surface area (Å²) in [4.78, 5) is 20.8. The predicted octanol–water partition coefficient (Wildman–Crippen LogP) is 5.24. The summed E-state index contributed by atoms with van der Waals surface area (Å²) in [7, 11) is -3.72. The Kier molecular flexibility index (Phi) is 5.07. The lowest BCUT2D eigenvalue weighted by Crippen LogP contribution is -2.22. The summed E-state index contributed by atoms with van der Waals surface area (Å²) >= 11 is 3.78. The van der Waals surface area contributed by atoms with Crippen LogP contribution in [-0.4, -0.2) is 16.0 Å². The number of hydrogen-bond donors (Lipinski definition) is 2. The molecule has 0 bridgehead atoms.